The fourth-order valence-electron chi connectivity index (χ4n) is 2.53. The van der Waals surface area contributed by atoms with E-state index >= 15 is 0 Å². The number of rotatable bonds is 7. The summed E-state index contributed by atoms with van der Waals surface area (Å²) in [7, 11) is 0. The maximum Gasteiger partial charge on any atom is 0.407 e. The standard InChI is InChI=1S/C16H21ClN2O2/c17-15-6-1-11(9-12(15)10-18-13-2-3-13)7-8-19(16(20)21)14-4-5-14/h1,6,9,13-14,18H,2-5,7-8,10H2,(H,20,21). The van der Waals surface area contributed by atoms with Crippen LogP contribution in [0.15, 0.2) is 18.2 Å². The molecule has 0 aliphatic heterocycles. The molecule has 21 heavy (non-hydrogen) atoms. The molecule has 3 rings (SSSR count). The highest BCUT2D eigenvalue weighted by atomic mass is 35.5. The van der Waals surface area contributed by atoms with Gasteiger partial charge in [0.2, 0.25) is 0 Å². The number of halogens is 1. The average Bonchev–Trinajstić information content (AvgIpc) is 3.33. The summed E-state index contributed by atoms with van der Waals surface area (Å²) in [6.45, 7) is 1.36. The van der Waals surface area contributed by atoms with E-state index in [1.165, 1.54) is 12.8 Å². The van der Waals surface area contributed by atoms with Crippen LogP contribution in [0.5, 0.6) is 0 Å². The van der Waals surface area contributed by atoms with Crippen LogP contribution in [0.25, 0.3) is 0 Å². The summed E-state index contributed by atoms with van der Waals surface area (Å²) in [5.41, 5.74) is 2.26. The van der Waals surface area contributed by atoms with E-state index < -0.39 is 6.09 Å². The summed E-state index contributed by atoms with van der Waals surface area (Å²) in [5.74, 6) is 0. The summed E-state index contributed by atoms with van der Waals surface area (Å²) in [5, 5.41) is 13.5. The van der Waals surface area contributed by atoms with Crippen molar-refractivity contribution < 1.29 is 9.90 Å². The summed E-state index contributed by atoms with van der Waals surface area (Å²) in [6, 6.07) is 6.91. The number of nitrogens with zero attached hydrogens (tertiary/aromatic N) is 1. The molecule has 2 aliphatic carbocycles. The quantitative estimate of drug-likeness (QED) is 0.813. The van der Waals surface area contributed by atoms with Gasteiger partial charge >= 0.3 is 6.09 Å². The van der Waals surface area contributed by atoms with Crippen LogP contribution in [-0.4, -0.2) is 34.7 Å². The van der Waals surface area contributed by atoms with Crippen molar-refractivity contribution in [2.75, 3.05) is 6.54 Å². The van der Waals surface area contributed by atoms with Crippen LogP contribution in [-0.2, 0) is 13.0 Å². The molecule has 0 radical (unpaired) electrons. The average molecular weight is 309 g/mol. The minimum atomic E-state index is -0.804. The topological polar surface area (TPSA) is 52.6 Å². The molecule has 114 valence electrons. The van der Waals surface area contributed by atoms with Crippen LogP contribution in [0, 0.1) is 0 Å². The Kier molecular flexibility index (Phi) is 4.36. The number of hydrogen-bond donors (Lipinski definition) is 2. The Morgan fingerprint density at radius 1 is 1.33 bits per heavy atom. The minimum Gasteiger partial charge on any atom is -0.465 e. The van der Waals surface area contributed by atoms with Crippen LogP contribution in [0.4, 0.5) is 4.79 Å². The van der Waals surface area contributed by atoms with Gasteiger partial charge in [-0.15, -0.1) is 0 Å². The molecular formula is C16H21ClN2O2. The summed E-state index contributed by atoms with van der Waals surface area (Å²) < 4.78 is 0. The molecule has 2 saturated carbocycles. The largest absolute Gasteiger partial charge is 0.465 e. The van der Waals surface area contributed by atoms with Gasteiger partial charge in [0.25, 0.3) is 0 Å². The molecule has 0 atom stereocenters. The Bertz CT molecular complexity index is 527. The predicted octanol–water partition coefficient (Wildman–Crippen LogP) is 3.28. The third-order valence-electron chi connectivity index (χ3n) is 4.14. The molecule has 5 heteroatoms. The zero-order chi connectivity index (χ0) is 14.8. The first-order valence-electron chi connectivity index (χ1n) is 7.64. The minimum absolute atomic E-state index is 0.241. The van der Waals surface area contributed by atoms with E-state index in [1.807, 2.05) is 12.1 Å². The molecule has 2 aliphatic rings. The number of carbonyl (C=O) groups is 1. The van der Waals surface area contributed by atoms with Gasteiger partial charge in [-0.25, -0.2) is 4.79 Å². The van der Waals surface area contributed by atoms with Gasteiger partial charge in [0.15, 0.2) is 0 Å². The smallest absolute Gasteiger partial charge is 0.407 e. The Morgan fingerprint density at radius 3 is 2.71 bits per heavy atom. The number of benzene rings is 1. The van der Waals surface area contributed by atoms with E-state index in [1.54, 1.807) is 4.90 Å². The van der Waals surface area contributed by atoms with Gasteiger partial charge in [-0.2, -0.15) is 0 Å². The predicted molar refractivity (Wildman–Crippen MR) is 82.8 cm³/mol. The van der Waals surface area contributed by atoms with Crippen LogP contribution in [0.2, 0.25) is 5.02 Å². The number of carboxylic acid groups (broad SMARTS) is 1. The van der Waals surface area contributed by atoms with Crippen LogP contribution >= 0.6 is 11.6 Å². The van der Waals surface area contributed by atoms with Gasteiger partial charge in [0.05, 0.1) is 0 Å². The number of amides is 1. The van der Waals surface area contributed by atoms with Gasteiger partial charge < -0.3 is 15.3 Å². The first kappa shape index (κ1) is 14.7. The van der Waals surface area contributed by atoms with Crippen molar-refractivity contribution >= 4 is 17.7 Å². The van der Waals surface area contributed by atoms with Gasteiger partial charge in [0, 0.05) is 30.2 Å². The molecule has 2 fully saturated rings. The van der Waals surface area contributed by atoms with Crippen LogP contribution in [0.1, 0.15) is 36.8 Å². The Morgan fingerprint density at radius 2 is 2.10 bits per heavy atom. The molecule has 0 aromatic heterocycles. The normalized spacial score (nSPS) is 17.8. The third kappa shape index (κ3) is 4.11. The molecule has 0 spiro atoms. The molecule has 0 bridgehead atoms. The van der Waals surface area contributed by atoms with Gasteiger partial charge in [-0.3, -0.25) is 0 Å². The molecule has 0 unspecified atom stereocenters. The van der Waals surface area contributed by atoms with E-state index in [-0.39, 0.29) is 6.04 Å². The molecule has 0 saturated heterocycles. The van der Waals surface area contributed by atoms with Crippen LogP contribution in [0.3, 0.4) is 0 Å². The summed E-state index contributed by atoms with van der Waals surface area (Å²) in [6.07, 6.45) is 4.46. The van der Waals surface area contributed by atoms with Crippen molar-refractivity contribution in [2.45, 2.75) is 50.7 Å². The number of hydrogen-bond acceptors (Lipinski definition) is 2. The van der Waals surface area contributed by atoms with Crippen molar-refractivity contribution in [1.82, 2.24) is 10.2 Å². The SMILES string of the molecule is O=C(O)N(CCc1ccc(Cl)c(CNC2CC2)c1)C1CC1. The highest BCUT2D eigenvalue weighted by molar-refractivity contribution is 6.31. The van der Waals surface area contributed by atoms with Gasteiger partial charge in [-0.05, 0) is 49.3 Å². The van der Waals surface area contributed by atoms with Crippen molar-refractivity contribution in [3.63, 3.8) is 0 Å². The van der Waals surface area contributed by atoms with E-state index in [4.69, 9.17) is 11.6 Å². The zero-order valence-corrected chi connectivity index (χ0v) is 12.8. The van der Waals surface area contributed by atoms with E-state index in [2.05, 4.69) is 11.4 Å². The zero-order valence-electron chi connectivity index (χ0n) is 12.0. The highest BCUT2D eigenvalue weighted by Gasteiger charge is 2.32. The number of nitrogens with one attached hydrogen (secondary N) is 1. The lowest BCUT2D eigenvalue weighted by Gasteiger charge is -2.18. The van der Waals surface area contributed by atoms with E-state index in [0.29, 0.717) is 12.6 Å². The second-order valence-corrected chi connectivity index (χ2v) is 6.45. The monoisotopic (exact) mass is 308 g/mol. The molecule has 1 aromatic rings. The summed E-state index contributed by atoms with van der Waals surface area (Å²) in [4.78, 5) is 12.8. The second kappa shape index (κ2) is 6.24. The Hall–Kier alpha value is -1.26. The van der Waals surface area contributed by atoms with Crippen molar-refractivity contribution in [1.29, 1.82) is 0 Å². The fraction of sp³-hybridized carbons (Fsp3) is 0.562. The van der Waals surface area contributed by atoms with Gasteiger partial charge in [0.1, 0.15) is 0 Å². The van der Waals surface area contributed by atoms with E-state index in [0.717, 1.165) is 42.0 Å². The van der Waals surface area contributed by atoms with E-state index in [9.17, 15) is 9.90 Å². The Labute approximate surface area is 130 Å². The molecule has 1 amide bonds. The fourth-order valence-corrected chi connectivity index (χ4v) is 2.72. The lowest BCUT2D eigenvalue weighted by molar-refractivity contribution is 0.142. The van der Waals surface area contributed by atoms with Gasteiger partial charge in [-0.1, -0.05) is 23.7 Å². The first-order chi connectivity index (χ1) is 10.1. The molecular weight excluding hydrogens is 288 g/mol. The van der Waals surface area contributed by atoms with Crippen molar-refractivity contribution in [2.24, 2.45) is 0 Å². The second-order valence-electron chi connectivity index (χ2n) is 6.04. The maximum atomic E-state index is 11.2. The molecule has 0 heterocycles. The lowest BCUT2D eigenvalue weighted by atomic mass is 10.1. The lowest BCUT2D eigenvalue weighted by Crippen LogP contribution is -2.33. The van der Waals surface area contributed by atoms with Crippen LogP contribution < -0.4 is 5.32 Å². The maximum absolute atomic E-state index is 11.2. The first-order valence-corrected chi connectivity index (χ1v) is 8.01. The summed E-state index contributed by atoms with van der Waals surface area (Å²) >= 11 is 6.23. The molecule has 4 nitrogen and oxygen atoms in total. The highest BCUT2D eigenvalue weighted by Crippen LogP contribution is 2.27. The van der Waals surface area contributed by atoms with Crippen molar-refractivity contribution in [3.05, 3.63) is 34.3 Å². The molecule has 1 aromatic carbocycles. The molecule has 2 N–H and O–H groups in total. The third-order valence-corrected chi connectivity index (χ3v) is 4.51. The Balaban J connectivity index is 1.58. The van der Waals surface area contributed by atoms with Crippen molar-refractivity contribution in [3.8, 4) is 0 Å².